The maximum Gasteiger partial charge on any atom is 0.117 e. The fraction of sp³-hybridized carbons (Fsp3) is 0.364. The molecule has 0 aliphatic heterocycles. The summed E-state index contributed by atoms with van der Waals surface area (Å²) in [6, 6.07) is 5.26. The average molecular weight is 205 g/mol. The fourth-order valence-electron chi connectivity index (χ4n) is 1.84. The summed E-state index contributed by atoms with van der Waals surface area (Å²) in [5.74, 6) is 0.252. The van der Waals surface area contributed by atoms with E-state index >= 15 is 0 Å². The minimum atomic E-state index is 0.252. The molecule has 3 N–H and O–H groups in total. The molecule has 2 aromatic rings. The van der Waals surface area contributed by atoms with E-state index in [1.54, 1.807) is 12.1 Å². The third-order valence-electron chi connectivity index (χ3n) is 2.51. The highest BCUT2D eigenvalue weighted by atomic mass is 16.3. The first kappa shape index (κ1) is 9.98. The molecule has 0 spiro atoms. The molecule has 0 aliphatic carbocycles. The van der Waals surface area contributed by atoms with E-state index in [2.05, 4.69) is 5.10 Å². The Morgan fingerprint density at radius 1 is 1.47 bits per heavy atom. The summed E-state index contributed by atoms with van der Waals surface area (Å²) in [4.78, 5) is 0. The van der Waals surface area contributed by atoms with Gasteiger partial charge in [-0.15, -0.1) is 0 Å². The van der Waals surface area contributed by atoms with Gasteiger partial charge in [-0.2, -0.15) is 5.10 Å². The second-order valence-electron chi connectivity index (χ2n) is 3.50. The van der Waals surface area contributed by atoms with Gasteiger partial charge in [0.1, 0.15) is 5.75 Å². The maximum absolute atomic E-state index is 9.36. The van der Waals surface area contributed by atoms with Crippen molar-refractivity contribution in [1.29, 1.82) is 0 Å². The Balaban J connectivity index is 2.63. The predicted molar refractivity (Wildman–Crippen MR) is 59.8 cm³/mol. The molecule has 80 valence electrons. The van der Waals surface area contributed by atoms with Crippen molar-refractivity contribution in [3.63, 3.8) is 0 Å². The molecule has 0 fully saturated rings. The summed E-state index contributed by atoms with van der Waals surface area (Å²) in [7, 11) is 0. The maximum atomic E-state index is 9.36. The van der Waals surface area contributed by atoms with E-state index in [0.717, 1.165) is 29.6 Å². The quantitative estimate of drug-likeness (QED) is 0.793. The molecule has 4 heteroatoms. The molecule has 0 atom stereocenters. The number of aromatic hydroxyl groups is 1. The van der Waals surface area contributed by atoms with E-state index in [1.807, 2.05) is 17.7 Å². The molecule has 0 amide bonds. The molecule has 1 aromatic heterocycles. The highest BCUT2D eigenvalue weighted by Crippen LogP contribution is 2.22. The number of fused-ring (bicyclic) bond motifs is 1. The van der Waals surface area contributed by atoms with Crippen molar-refractivity contribution in [3.05, 3.63) is 23.9 Å². The first-order valence-electron chi connectivity index (χ1n) is 5.14. The lowest BCUT2D eigenvalue weighted by atomic mass is 10.1. The highest BCUT2D eigenvalue weighted by Gasteiger charge is 2.09. The van der Waals surface area contributed by atoms with Gasteiger partial charge in [0, 0.05) is 30.1 Å². The summed E-state index contributed by atoms with van der Waals surface area (Å²) < 4.78 is 1.94. The lowest BCUT2D eigenvalue weighted by molar-refractivity contribution is 0.476. The van der Waals surface area contributed by atoms with Crippen LogP contribution in [0.15, 0.2) is 18.2 Å². The van der Waals surface area contributed by atoms with Crippen LogP contribution in [0.25, 0.3) is 10.9 Å². The van der Waals surface area contributed by atoms with Crippen molar-refractivity contribution in [1.82, 2.24) is 9.78 Å². The Kier molecular flexibility index (Phi) is 2.60. The predicted octanol–water partition coefficient (Wildman–Crippen LogP) is 1.26. The van der Waals surface area contributed by atoms with Gasteiger partial charge in [-0.05, 0) is 25.6 Å². The van der Waals surface area contributed by atoms with Gasteiger partial charge in [-0.3, -0.25) is 4.68 Å². The van der Waals surface area contributed by atoms with Crippen LogP contribution < -0.4 is 5.73 Å². The number of nitrogens with two attached hydrogens (primary N) is 1. The number of phenolic OH excluding ortho intramolecular Hbond substituents is 1. The third-order valence-corrected chi connectivity index (χ3v) is 2.51. The smallest absolute Gasteiger partial charge is 0.117 e. The first-order chi connectivity index (χ1) is 7.26. The second kappa shape index (κ2) is 3.90. The zero-order chi connectivity index (χ0) is 10.8. The van der Waals surface area contributed by atoms with Crippen LogP contribution in [0.2, 0.25) is 0 Å². The number of phenols is 1. The first-order valence-corrected chi connectivity index (χ1v) is 5.14. The van der Waals surface area contributed by atoms with Gasteiger partial charge in [0.15, 0.2) is 0 Å². The third kappa shape index (κ3) is 1.68. The molecular weight excluding hydrogens is 190 g/mol. The van der Waals surface area contributed by atoms with Gasteiger partial charge in [0.25, 0.3) is 0 Å². The summed E-state index contributed by atoms with van der Waals surface area (Å²) >= 11 is 0. The van der Waals surface area contributed by atoms with E-state index in [9.17, 15) is 5.11 Å². The number of aromatic nitrogens is 2. The molecular formula is C11H15N3O. The molecule has 0 saturated carbocycles. The summed E-state index contributed by atoms with van der Waals surface area (Å²) in [6.45, 7) is 3.48. The monoisotopic (exact) mass is 205 g/mol. The molecule has 0 aliphatic rings. The van der Waals surface area contributed by atoms with Crippen LogP contribution >= 0.6 is 0 Å². The second-order valence-corrected chi connectivity index (χ2v) is 3.50. The minimum Gasteiger partial charge on any atom is -0.508 e. The topological polar surface area (TPSA) is 64.1 Å². The molecule has 15 heavy (non-hydrogen) atoms. The number of nitrogens with zero attached hydrogens (tertiary/aromatic N) is 2. The molecule has 4 nitrogen and oxygen atoms in total. The zero-order valence-electron chi connectivity index (χ0n) is 8.77. The number of hydrogen-bond donors (Lipinski definition) is 2. The van der Waals surface area contributed by atoms with Gasteiger partial charge in [-0.1, -0.05) is 0 Å². The molecule has 2 rings (SSSR count). The molecule has 1 aromatic carbocycles. The molecule has 0 bridgehead atoms. The van der Waals surface area contributed by atoms with E-state index in [1.165, 1.54) is 0 Å². The van der Waals surface area contributed by atoms with Crippen LogP contribution in [0.4, 0.5) is 0 Å². The normalized spacial score (nSPS) is 11.1. The SMILES string of the molecule is CCn1nc2cc(O)ccc2c1CCN. The molecule has 0 radical (unpaired) electrons. The molecule has 0 unspecified atom stereocenters. The van der Waals surface area contributed by atoms with Crippen LogP contribution in [-0.4, -0.2) is 21.4 Å². The number of hydrogen-bond acceptors (Lipinski definition) is 3. The van der Waals surface area contributed by atoms with Crippen LogP contribution in [0, 0.1) is 0 Å². The summed E-state index contributed by atoms with van der Waals surface area (Å²) in [6.07, 6.45) is 0.815. The molecule has 0 saturated heterocycles. The minimum absolute atomic E-state index is 0.252. The lowest BCUT2D eigenvalue weighted by Gasteiger charge is -2.02. The van der Waals surface area contributed by atoms with E-state index in [-0.39, 0.29) is 5.75 Å². The van der Waals surface area contributed by atoms with Gasteiger partial charge in [0.2, 0.25) is 0 Å². The Hall–Kier alpha value is -1.55. The van der Waals surface area contributed by atoms with Crippen molar-refractivity contribution in [2.45, 2.75) is 19.9 Å². The van der Waals surface area contributed by atoms with Crippen LogP contribution in [0.1, 0.15) is 12.6 Å². The van der Waals surface area contributed by atoms with Gasteiger partial charge < -0.3 is 10.8 Å². The number of aryl methyl sites for hydroxylation is 1. The number of benzene rings is 1. The Morgan fingerprint density at radius 3 is 2.93 bits per heavy atom. The summed E-state index contributed by atoms with van der Waals surface area (Å²) in [5.41, 5.74) is 7.56. The van der Waals surface area contributed by atoms with Gasteiger partial charge in [-0.25, -0.2) is 0 Å². The number of rotatable bonds is 3. The fourth-order valence-corrected chi connectivity index (χ4v) is 1.84. The van der Waals surface area contributed by atoms with Crippen molar-refractivity contribution in [2.24, 2.45) is 5.73 Å². The van der Waals surface area contributed by atoms with Crippen LogP contribution in [0.5, 0.6) is 5.75 Å². The zero-order valence-corrected chi connectivity index (χ0v) is 8.77. The van der Waals surface area contributed by atoms with E-state index in [4.69, 9.17) is 5.73 Å². The van der Waals surface area contributed by atoms with Crippen molar-refractivity contribution < 1.29 is 5.11 Å². The Morgan fingerprint density at radius 2 is 2.27 bits per heavy atom. The van der Waals surface area contributed by atoms with Crippen molar-refractivity contribution in [2.75, 3.05) is 6.54 Å². The highest BCUT2D eigenvalue weighted by molar-refractivity contribution is 5.82. The summed E-state index contributed by atoms with van der Waals surface area (Å²) in [5, 5.41) is 14.9. The lowest BCUT2D eigenvalue weighted by Crippen LogP contribution is -2.09. The Bertz CT molecular complexity index is 476. The van der Waals surface area contributed by atoms with Crippen molar-refractivity contribution >= 4 is 10.9 Å². The van der Waals surface area contributed by atoms with E-state index in [0.29, 0.717) is 6.54 Å². The van der Waals surface area contributed by atoms with Crippen molar-refractivity contribution in [3.8, 4) is 5.75 Å². The van der Waals surface area contributed by atoms with Gasteiger partial charge >= 0.3 is 0 Å². The van der Waals surface area contributed by atoms with Crippen LogP contribution in [0.3, 0.4) is 0 Å². The van der Waals surface area contributed by atoms with Gasteiger partial charge in [0.05, 0.1) is 5.52 Å². The largest absolute Gasteiger partial charge is 0.508 e. The average Bonchev–Trinajstić information content (AvgIpc) is 2.56. The van der Waals surface area contributed by atoms with E-state index < -0.39 is 0 Å². The standard InChI is InChI=1S/C11H15N3O/c1-2-14-11(5-6-12)9-4-3-8(15)7-10(9)13-14/h3-4,7,15H,2,5-6,12H2,1H3. The Labute approximate surface area is 88.3 Å². The van der Waals surface area contributed by atoms with Crippen LogP contribution in [-0.2, 0) is 13.0 Å². The molecule has 1 heterocycles.